The van der Waals surface area contributed by atoms with Crippen molar-refractivity contribution in [3.05, 3.63) is 17.4 Å². The number of allylic oxidation sites excluding steroid dienone is 1. The fourth-order valence-corrected chi connectivity index (χ4v) is 1.19. The maximum Gasteiger partial charge on any atom is 0.00918 e. The van der Waals surface area contributed by atoms with Crippen molar-refractivity contribution in [2.45, 2.75) is 58.8 Å². The van der Waals surface area contributed by atoms with Crippen molar-refractivity contribution in [3.63, 3.8) is 0 Å². The Morgan fingerprint density at radius 3 is 2.25 bits per heavy atom. The van der Waals surface area contributed by atoms with Gasteiger partial charge in [-0.2, -0.15) is 0 Å². The van der Waals surface area contributed by atoms with Crippen LogP contribution in [0.5, 0.6) is 0 Å². The van der Waals surface area contributed by atoms with Crippen LogP contribution in [0.25, 0.3) is 0 Å². The SMILES string of the molecule is C#CCCCCC#CCCCC=C=C(C)C. The molecule has 0 radical (unpaired) electrons. The smallest absolute Gasteiger partial charge is 0.00918 e. The van der Waals surface area contributed by atoms with E-state index in [-0.39, 0.29) is 0 Å². The van der Waals surface area contributed by atoms with Crippen LogP contribution in [0.2, 0.25) is 0 Å². The van der Waals surface area contributed by atoms with Crippen LogP contribution in [0.4, 0.5) is 0 Å². The Bertz CT molecular complexity index is 317. The molecule has 0 aromatic heterocycles. The second kappa shape index (κ2) is 11.7. The molecule has 0 N–H and O–H groups in total. The highest BCUT2D eigenvalue weighted by Gasteiger charge is 1.83. The molecule has 0 nitrogen and oxygen atoms in total. The van der Waals surface area contributed by atoms with Crippen molar-refractivity contribution >= 4 is 0 Å². The third-order valence-corrected chi connectivity index (χ3v) is 2.04. The Morgan fingerprint density at radius 2 is 1.62 bits per heavy atom. The van der Waals surface area contributed by atoms with Gasteiger partial charge in [0.2, 0.25) is 0 Å². The minimum Gasteiger partial charge on any atom is -0.127 e. The summed E-state index contributed by atoms with van der Waals surface area (Å²) in [5.41, 5.74) is 4.43. The molecule has 0 aliphatic heterocycles. The largest absolute Gasteiger partial charge is 0.127 e. The molecule has 0 heterocycles. The van der Waals surface area contributed by atoms with Crippen LogP contribution in [-0.2, 0) is 0 Å². The number of hydrogen-bond donors (Lipinski definition) is 0. The zero-order chi connectivity index (χ0) is 12.1. The molecule has 0 atom stereocenters. The van der Waals surface area contributed by atoms with Crippen molar-refractivity contribution in [2.75, 3.05) is 0 Å². The van der Waals surface area contributed by atoms with Crippen molar-refractivity contribution in [2.24, 2.45) is 0 Å². The van der Waals surface area contributed by atoms with Crippen molar-refractivity contribution in [3.8, 4) is 24.2 Å². The Morgan fingerprint density at radius 1 is 1.00 bits per heavy atom. The predicted molar refractivity (Wildman–Crippen MR) is 71.9 cm³/mol. The molecule has 0 aliphatic rings. The summed E-state index contributed by atoms with van der Waals surface area (Å²) in [6, 6.07) is 0. The minimum absolute atomic E-state index is 0.884. The Balaban J connectivity index is 3.36. The monoisotopic (exact) mass is 214 g/mol. The normalized spacial score (nSPS) is 8.31. The second-order valence-corrected chi connectivity index (χ2v) is 4.01. The second-order valence-electron chi connectivity index (χ2n) is 4.01. The Labute approximate surface area is 101 Å². The average Bonchev–Trinajstić information content (AvgIpc) is 2.25. The Kier molecular flexibility index (Phi) is 10.7. The van der Waals surface area contributed by atoms with Crippen LogP contribution in [0, 0.1) is 24.2 Å². The van der Waals surface area contributed by atoms with Crippen LogP contribution in [-0.4, -0.2) is 0 Å². The van der Waals surface area contributed by atoms with Gasteiger partial charge in [-0.25, -0.2) is 0 Å². The molecule has 0 bridgehead atoms. The molecule has 0 aliphatic carbocycles. The van der Waals surface area contributed by atoms with Crippen LogP contribution in [0.3, 0.4) is 0 Å². The van der Waals surface area contributed by atoms with E-state index in [1.807, 2.05) is 0 Å². The van der Waals surface area contributed by atoms with Gasteiger partial charge < -0.3 is 0 Å². The first-order valence-corrected chi connectivity index (χ1v) is 6.05. The maximum atomic E-state index is 5.16. The molecule has 0 heteroatoms. The molecule has 0 aromatic rings. The molecular weight excluding hydrogens is 192 g/mol. The van der Waals surface area contributed by atoms with Crippen molar-refractivity contribution in [1.82, 2.24) is 0 Å². The average molecular weight is 214 g/mol. The van der Waals surface area contributed by atoms with E-state index in [1.54, 1.807) is 0 Å². The van der Waals surface area contributed by atoms with E-state index in [0.29, 0.717) is 0 Å². The molecule has 0 aromatic carbocycles. The molecule has 0 saturated carbocycles. The van der Waals surface area contributed by atoms with Crippen LogP contribution < -0.4 is 0 Å². The first-order valence-electron chi connectivity index (χ1n) is 6.05. The molecule has 0 unspecified atom stereocenters. The van der Waals surface area contributed by atoms with Gasteiger partial charge in [0.15, 0.2) is 0 Å². The molecular formula is C16H22. The first-order chi connectivity index (χ1) is 7.77. The van der Waals surface area contributed by atoms with Gasteiger partial charge in [-0.05, 0) is 51.2 Å². The van der Waals surface area contributed by atoms with E-state index in [4.69, 9.17) is 6.42 Å². The van der Waals surface area contributed by atoms with E-state index in [2.05, 4.69) is 43.4 Å². The highest BCUT2D eigenvalue weighted by atomic mass is 13.9. The van der Waals surface area contributed by atoms with E-state index < -0.39 is 0 Å². The van der Waals surface area contributed by atoms with Gasteiger partial charge in [0, 0.05) is 19.3 Å². The summed E-state index contributed by atoms with van der Waals surface area (Å²) in [4.78, 5) is 0. The minimum atomic E-state index is 0.884. The van der Waals surface area contributed by atoms with Gasteiger partial charge in [0.05, 0.1) is 0 Å². The third-order valence-electron chi connectivity index (χ3n) is 2.04. The van der Waals surface area contributed by atoms with Gasteiger partial charge in [0.25, 0.3) is 0 Å². The molecule has 0 amide bonds. The summed E-state index contributed by atoms with van der Waals surface area (Å²) in [6.07, 6.45) is 14.6. The molecule has 0 rings (SSSR count). The lowest BCUT2D eigenvalue weighted by Crippen LogP contribution is -1.73. The molecule has 0 spiro atoms. The zero-order valence-corrected chi connectivity index (χ0v) is 10.6. The first kappa shape index (κ1) is 14.6. The predicted octanol–water partition coefficient (Wildman–Crippen LogP) is 4.48. The fourth-order valence-electron chi connectivity index (χ4n) is 1.19. The number of rotatable bonds is 6. The topological polar surface area (TPSA) is 0 Å². The van der Waals surface area contributed by atoms with E-state index >= 15 is 0 Å². The zero-order valence-electron chi connectivity index (χ0n) is 10.6. The van der Waals surface area contributed by atoms with E-state index in [0.717, 1.165) is 44.9 Å². The summed E-state index contributed by atoms with van der Waals surface area (Å²) in [7, 11) is 0. The molecule has 86 valence electrons. The third kappa shape index (κ3) is 12.6. The lowest BCUT2D eigenvalue weighted by atomic mass is 10.2. The van der Waals surface area contributed by atoms with Gasteiger partial charge >= 0.3 is 0 Å². The quantitative estimate of drug-likeness (QED) is 0.347. The standard InChI is InChI=1S/C16H22/c1-4-5-6-7-8-9-10-11-12-13-14-15-16(2)3/h1,14H,5-8,11-13H2,2-3H3. The maximum absolute atomic E-state index is 5.16. The summed E-state index contributed by atoms with van der Waals surface area (Å²) in [5.74, 6) is 9.02. The highest BCUT2D eigenvalue weighted by molar-refractivity contribution is 4.99. The number of hydrogen-bond acceptors (Lipinski definition) is 0. The Hall–Kier alpha value is -1.36. The van der Waals surface area contributed by atoms with Crippen molar-refractivity contribution in [1.29, 1.82) is 0 Å². The highest BCUT2D eigenvalue weighted by Crippen LogP contribution is 1.98. The summed E-state index contributed by atoms with van der Waals surface area (Å²) in [6.45, 7) is 4.12. The number of unbranched alkanes of at least 4 members (excludes halogenated alkanes) is 5. The van der Waals surface area contributed by atoms with E-state index in [9.17, 15) is 0 Å². The van der Waals surface area contributed by atoms with Gasteiger partial charge in [-0.3, -0.25) is 0 Å². The van der Waals surface area contributed by atoms with Gasteiger partial charge in [-0.15, -0.1) is 29.9 Å². The lowest BCUT2D eigenvalue weighted by Gasteiger charge is -1.89. The molecule has 16 heavy (non-hydrogen) atoms. The lowest BCUT2D eigenvalue weighted by molar-refractivity contribution is 0.781. The van der Waals surface area contributed by atoms with Crippen LogP contribution in [0.1, 0.15) is 58.8 Å². The van der Waals surface area contributed by atoms with E-state index in [1.165, 1.54) is 5.57 Å². The molecule has 0 fully saturated rings. The van der Waals surface area contributed by atoms with Gasteiger partial charge in [-0.1, -0.05) is 0 Å². The fraction of sp³-hybridized carbons (Fsp3) is 0.562. The van der Waals surface area contributed by atoms with Crippen molar-refractivity contribution < 1.29 is 0 Å². The van der Waals surface area contributed by atoms with Crippen LogP contribution >= 0.6 is 0 Å². The summed E-state index contributed by atoms with van der Waals surface area (Å²) >= 11 is 0. The summed E-state index contributed by atoms with van der Waals surface area (Å²) < 4.78 is 0. The number of terminal acetylenes is 1. The summed E-state index contributed by atoms with van der Waals surface area (Å²) in [5, 5.41) is 0. The van der Waals surface area contributed by atoms with Crippen LogP contribution in [0.15, 0.2) is 17.4 Å². The molecule has 0 saturated heterocycles. The van der Waals surface area contributed by atoms with Gasteiger partial charge in [0.1, 0.15) is 0 Å².